The van der Waals surface area contributed by atoms with Crippen LogP contribution in [0.1, 0.15) is 23.9 Å². The monoisotopic (exact) mass is 333 g/mol. The standard InChI is InChI=1S/C20H19N3O2/c1-13-19(16-8-10-17(25)11-9-16)23-18(20(21-13)22-14(2)24)12-15-6-4-3-5-7-15/h3-11,25H,12H2,1-2H3,(H,21,22,24). The fourth-order valence-electron chi connectivity index (χ4n) is 2.63. The molecule has 0 aliphatic carbocycles. The quantitative estimate of drug-likeness (QED) is 0.763. The second kappa shape index (κ2) is 7.13. The van der Waals surface area contributed by atoms with E-state index in [9.17, 15) is 9.90 Å². The maximum absolute atomic E-state index is 11.5. The minimum atomic E-state index is -0.180. The number of phenolic OH excluding ortho intramolecular Hbond substituents is 1. The van der Waals surface area contributed by atoms with Gasteiger partial charge in [0, 0.05) is 18.9 Å². The van der Waals surface area contributed by atoms with Crippen molar-refractivity contribution in [1.29, 1.82) is 0 Å². The Bertz CT molecular complexity index is 891. The molecule has 25 heavy (non-hydrogen) atoms. The third kappa shape index (κ3) is 4.01. The summed E-state index contributed by atoms with van der Waals surface area (Å²) < 4.78 is 0. The lowest BCUT2D eigenvalue weighted by Gasteiger charge is -2.13. The van der Waals surface area contributed by atoms with E-state index in [1.165, 1.54) is 6.92 Å². The highest BCUT2D eigenvalue weighted by Crippen LogP contribution is 2.26. The summed E-state index contributed by atoms with van der Waals surface area (Å²) in [5, 5.41) is 12.3. The van der Waals surface area contributed by atoms with E-state index < -0.39 is 0 Å². The molecule has 0 spiro atoms. The molecule has 0 saturated carbocycles. The maximum atomic E-state index is 11.5. The fraction of sp³-hybridized carbons (Fsp3) is 0.150. The van der Waals surface area contributed by atoms with Crippen molar-refractivity contribution in [2.75, 3.05) is 5.32 Å². The Labute approximate surface area is 146 Å². The van der Waals surface area contributed by atoms with Crippen molar-refractivity contribution in [3.05, 3.63) is 71.5 Å². The lowest BCUT2D eigenvalue weighted by Crippen LogP contribution is -2.13. The van der Waals surface area contributed by atoms with Gasteiger partial charge < -0.3 is 10.4 Å². The first-order valence-corrected chi connectivity index (χ1v) is 8.01. The number of carbonyl (C=O) groups is 1. The normalized spacial score (nSPS) is 10.5. The van der Waals surface area contributed by atoms with E-state index in [4.69, 9.17) is 4.98 Å². The third-order valence-corrected chi connectivity index (χ3v) is 3.79. The van der Waals surface area contributed by atoms with Gasteiger partial charge in [0.05, 0.1) is 17.1 Å². The SMILES string of the molecule is CC(=O)Nc1nc(C)c(-c2ccc(O)cc2)nc1Cc1ccccc1. The molecule has 3 aromatic rings. The molecule has 1 amide bonds. The molecule has 3 rings (SSSR count). The third-order valence-electron chi connectivity index (χ3n) is 3.79. The van der Waals surface area contributed by atoms with Crippen molar-refractivity contribution in [2.24, 2.45) is 0 Å². The van der Waals surface area contributed by atoms with Crippen LogP contribution < -0.4 is 5.32 Å². The van der Waals surface area contributed by atoms with Crippen molar-refractivity contribution in [1.82, 2.24) is 9.97 Å². The summed E-state index contributed by atoms with van der Waals surface area (Å²) in [4.78, 5) is 20.8. The summed E-state index contributed by atoms with van der Waals surface area (Å²) in [7, 11) is 0. The van der Waals surface area contributed by atoms with Crippen LogP contribution in [0.5, 0.6) is 5.75 Å². The molecule has 5 nitrogen and oxygen atoms in total. The first kappa shape index (κ1) is 16.6. The molecule has 0 fully saturated rings. The van der Waals surface area contributed by atoms with Crippen molar-refractivity contribution < 1.29 is 9.90 Å². The predicted molar refractivity (Wildman–Crippen MR) is 97.4 cm³/mol. The molecule has 2 N–H and O–H groups in total. The number of amides is 1. The largest absolute Gasteiger partial charge is 0.508 e. The predicted octanol–water partition coefficient (Wildman–Crippen LogP) is 3.71. The van der Waals surface area contributed by atoms with E-state index in [2.05, 4.69) is 10.3 Å². The molecule has 5 heteroatoms. The number of hydrogen-bond donors (Lipinski definition) is 2. The molecule has 0 unspecified atom stereocenters. The fourth-order valence-corrected chi connectivity index (χ4v) is 2.63. The zero-order valence-electron chi connectivity index (χ0n) is 14.2. The van der Waals surface area contributed by atoms with E-state index in [0.29, 0.717) is 23.6 Å². The van der Waals surface area contributed by atoms with Gasteiger partial charge in [0.2, 0.25) is 5.91 Å². The summed E-state index contributed by atoms with van der Waals surface area (Å²) >= 11 is 0. The van der Waals surface area contributed by atoms with Crippen molar-refractivity contribution in [3.63, 3.8) is 0 Å². The van der Waals surface area contributed by atoms with Gasteiger partial charge in [-0.2, -0.15) is 0 Å². The smallest absolute Gasteiger partial charge is 0.222 e. The molecule has 0 atom stereocenters. The van der Waals surface area contributed by atoms with E-state index in [0.717, 1.165) is 16.8 Å². The molecule has 2 aromatic carbocycles. The van der Waals surface area contributed by atoms with E-state index >= 15 is 0 Å². The van der Waals surface area contributed by atoms with Gasteiger partial charge >= 0.3 is 0 Å². The number of nitrogens with one attached hydrogen (secondary N) is 1. The van der Waals surface area contributed by atoms with Crippen LogP contribution in [0.2, 0.25) is 0 Å². The Hall–Kier alpha value is -3.21. The number of carbonyl (C=O) groups excluding carboxylic acids is 1. The van der Waals surface area contributed by atoms with Gasteiger partial charge in [-0.05, 0) is 36.8 Å². The Balaban J connectivity index is 2.07. The van der Waals surface area contributed by atoms with Crippen LogP contribution in [0.3, 0.4) is 0 Å². The summed E-state index contributed by atoms with van der Waals surface area (Å²) in [6, 6.07) is 16.8. The average molecular weight is 333 g/mol. The van der Waals surface area contributed by atoms with Crippen molar-refractivity contribution in [3.8, 4) is 17.0 Å². The van der Waals surface area contributed by atoms with Gasteiger partial charge in [0.1, 0.15) is 5.75 Å². The van der Waals surface area contributed by atoms with Gasteiger partial charge in [-0.15, -0.1) is 0 Å². The minimum absolute atomic E-state index is 0.180. The molecule has 126 valence electrons. The van der Waals surface area contributed by atoms with Crippen LogP contribution >= 0.6 is 0 Å². The number of aryl methyl sites for hydroxylation is 1. The second-order valence-corrected chi connectivity index (χ2v) is 5.84. The maximum Gasteiger partial charge on any atom is 0.222 e. The van der Waals surface area contributed by atoms with Crippen LogP contribution in [0.15, 0.2) is 54.6 Å². The number of aromatic nitrogens is 2. The van der Waals surface area contributed by atoms with Gasteiger partial charge in [-0.3, -0.25) is 4.79 Å². The van der Waals surface area contributed by atoms with E-state index in [1.807, 2.05) is 37.3 Å². The molecule has 0 aliphatic rings. The highest BCUT2D eigenvalue weighted by molar-refractivity contribution is 5.88. The van der Waals surface area contributed by atoms with Crippen molar-refractivity contribution in [2.45, 2.75) is 20.3 Å². The van der Waals surface area contributed by atoms with E-state index in [-0.39, 0.29) is 11.7 Å². The zero-order chi connectivity index (χ0) is 17.8. The first-order valence-electron chi connectivity index (χ1n) is 8.01. The number of nitrogens with zero attached hydrogens (tertiary/aromatic N) is 2. The molecule has 1 aromatic heterocycles. The van der Waals surface area contributed by atoms with Crippen LogP contribution in [0.4, 0.5) is 5.82 Å². The minimum Gasteiger partial charge on any atom is -0.508 e. The number of anilines is 1. The molecule has 0 radical (unpaired) electrons. The summed E-state index contributed by atoms with van der Waals surface area (Å²) in [6.07, 6.45) is 0.564. The number of aromatic hydroxyl groups is 1. The zero-order valence-corrected chi connectivity index (χ0v) is 14.2. The van der Waals surface area contributed by atoms with E-state index in [1.54, 1.807) is 24.3 Å². The van der Waals surface area contributed by atoms with Gasteiger partial charge in [0.15, 0.2) is 5.82 Å². The molecule has 0 bridgehead atoms. The molecular weight excluding hydrogens is 314 g/mol. The number of benzene rings is 2. The van der Waals surface area contributed by atoms with Crippen LogP contribution in [-0.4, -0.2) is 21.0 Å². The topological polar surface area (TPSA) is 75.1 Å². The second-order valence-electron chi connectivity index (χ2n) is 5.84. The Morgan fingerprint density at radius 1 is 1.04 bits per heavy atom. The Kier molecular flexibility index (Phi) is 4.75. The molecule has 0 saturated heterocycles. The lowest BCUT2D eigenvalue weighted by molar-refractivity contribution is -0.114. The first-order chi connectivity index (χ1) is 12.0. The molecule has 1 heterocycles. The average Bonchev–Trinajstić information content (AvgIpc) is 2.58. The van der Waals surface area contributed by atoms with Gasteiger partial charge in [0.25, 0.3) is 0 Å². The highest BCUT2D eigenvalue weighted by Gasteiger charge is 2.14. The summed E-state index contributed by atoms with van der Waals surface area (Å²) in [6.45, 7) is 3.31. The van der Waals surface area contributed by atoms with Crippen LogP contribution in [0, 0.1) is 6.92 Å². The Morgan fingerprint density at radius 3 is 2.36 bits per heavy atom. The Morgan fingerprint density at radius 2 is 1.72 bits per heavy atom. The summed E-state index contributed by atoms with van der Waals surface area (Å²) in [5.41, 5.74) is 4.11. The number of phenols is 1. The number of hydrogen-bond acceptors (Lipinski definition) is 4. The number of rotatable bonds is 4. The highest BCUT2D eigenvalue weighted by atomic mass is 16.3. The van der Waals surface area contributed by atoms with Crippen molar-refractivity contribution >= 4 is 11.7 Å². The van der Waals surface area contributed by atoms with Gasteiger partial charge in [-0.25, -0.2) is 9.97 Å². The lowest BCUT2D eigenvalue weighted by atomic mass is 10.1. The van der Waals surface area contributed by atoms with Crippen LogP contribution in [-0.2, 0) is 11.2 Å². The van der Waals surface area contributed by atoms with Crippen LogP contribution in [0.25, 0.3) is 11.3 Å². The summed E-state index contributed by atoms with van der Waals surface area (Å²) in [5.74, 6) is 0.505. The molecular formula is C20H19N3O2. The van der Waals surface area contributed by atoms with Gasteiger partial charge in [-0.1, -0.05) is 30.3 Å². The molecule has 0 aliphatic heterocycles.